The van der Waals surface area contributed by atoms with Crippen molar-refractivity contribution < 1.29 is 28.9 Å². The summed E-state index contributed by atoms with van der Waals surface area (Å²) < 4.78 is 17.6. The Labute approximate surface area is 203 Å². The van der Waals surface area contributed by atoms with Gasteiger partial charge in [0.15, 0.2) is 11.8 Å². The highest BCUT2D eigenvalue weighted by Gasteiger charge is 2.59. The third-order valence-electron chi connectivity index (χ3n) is 7.81. The summed E-state index contributed by atoms with van der Waals surface area (Å²) in [6, 6.07) is 10.3. The first-order chi connectivity index (χ1) is 15.7. The monoisotopic (exact) mass is 475 g/mol. The minimum Gasteiger partial charge on any atom is -0.460 e. The fourth-order valence-corrected chi connectivity index (χ4v) is 5.79. The Bertz CT molecular complexity index is 880. The molecule has 7 nitrogen and oxygen atoms in total. The molecule has 0 bridgehead atoms. The largest absolute Gasteiger partial charge is 0.460 e. The van der Waals surface area contributed by atoms with E-state index in [2.05, 4.69) is 32.9 Å². The van der Waals surface area contributed by atoms with E-state index < -0.39 is 29.6 Å². The van der Waals surface area contributed by atoms with Gasteiger partial charge in [0.1, 0.15) is 17.9 Å². The average molecular weight is 476 g/mol. The SMILES string of the molecule is COC1[C@H](C(C)(O)C(=O)O[C@@H]2C[C@H](C)CC[C@H]2C(C)(C)c2ccccc2)OC(C)(C)N1C(C)=O. The number of hydrogen-bond donors (Lipinski definition) is 1. The van der Waals surface area contributed by atoms with Crippen LogP contribution in [0.4, 0.5) is 0 Å². The molecular weight excluding hydrogens is 434 g/mol. The van der Waals surface area contributed by atoms with E-state index in [1.54, 1.807) is 13.8 Å². The summed E-state index contributed by atoms with van der Waals surface area (Å²) in [6.45, 7) is 12.8. The Morgan fingerprint density at radius 3 is 2.32 bits per heavy atom. The molecule has 3 rings (SSSR count). The molecule has 1 aliphatic heterocycles. The molecule has 2 fully saturated rings. The molecule has 6 atom stereocenters. The Kier molecular flexibility index (Phi) is 7.52. The van der Waals surface area contributed by atoms with E-state index in [1.165, 1.54) is 31.4 Å². The first kappa shape index (κ1) is 26.6. The van der Waals surface area contributed by atoms with E-state index in [4.69, 9.17) is 14.2 Å². The van der Waals surface area contributed by atoms with Gasteiger partial charge in [-0.1, -0.05) is 57.5 Å². The van der Waals surface area contributed by atoms with Crippen LogP contribution in [0.2, 0.25) is 0 Å². The number of carbonyl (C=O) groups is 2. The van der Waals surface area contributed by atoms with Crippen LogP contribution in [0, 0.1) is 11.8 Å². The third-order valence-corrected chi connectivity index (χ3v) is 7.81. The lowest BCUT2D eigenvalue weighted by atomic mass is 9.64. The molecule has 0 spiro atoms. The van der Waals surface area contributed by atoms with Crippen LogP contribution in [-0.4, -0.2) is 58.8 Å². The smallest absolute Gasteiger partial charge is 0.341 e. The number of methoxy groups -OCH3 is 1. The predicted molar refractivity (Wildman–Crippen MR) is 129 cm³/mol. The zero-order chi connectivity index (χ0) is 25.5. The van der Waals surface area contributed by atoms with Gasteiger partial charge < -0.3 is 19.3 Å². The summed E-state index contributed by atoms with van der Waals surface area (Å²) in [4.78, 5) is 27.2. The second kappa shape index (κ2) is 9.59. The van der Waals surface area contributed by atoms with Crippen molar-refractivity contribution in [2.75, 3.05) is 7.11 Å². The number of hydrogen-bond acceptors (Lipinski definition) is 6. The molecular formula is C27H41NO6. The second-order valence-electron chi connectivity index (χ2n) is 11.2. The van der Waals surface area contributed by atoms with E-state index in [0.29, 0.717) is 5.92 Å². The van der Waals surface area contributed by atoms with E-state index in [9.17, 15) is 14.7 Å². The van der Waals surface area contributed by atoms with Gasteiger partial charge in [-0.25, -0.2) is 4.79 Å². The van der Waals surface area contributed by atoms with Gasteiger partial charge in [0.05, 0.1) is 0 Å². The summed E-state index contributed by atoms with van der Waals surface area (Å²) in [5.41, 5.74) is -2.08. The number of rotatable bonds is 6. The molecule has 2 aliphatic rings. The Morgan fingerprint density at radius 1 is 1.15 bits per heavy atom. The maximum absolute atomic E-state index is 13.5. The van der Waals surface area contributed by atoms with Gasteiger partial charge in [-0.05, 0) is 50.5 Å². The zero-order valence-electron chi connectivity index (χ0n) is 21.8. The topological polar surface area (TPSA) is 85.3 Å². The standard InChI is InChI=1S/C27H41NO6/c1-17-14-15-20(25(3,4)19-12-10-9-11-13-19)21(16-17)33-24(30)27(7,31)22-23(32-8)28(18(2)29)26(5,6)34-22/h9-13,17,20-23,31H,14-16H2,1-8H3/t17-,20-,21-,22-,23?,27?/m1/s1. The van der Waals surface area contributed by atoms with Crippen LogP contribution in [-0.2, 0) is 29.2 Å². The van der Waals surface area contributed by atoms with Crippen molar-refractivity contribution in [2.45, 2.75) is 103 Å². The van der Waals surface area contributed by atoms with Crippen LogP contribution in [0.3, 0.4) is 0 Å². The van der Waals surface area contributed by atoms with Gasteiger partial charge in [0, 0.05) is 20.0 Å². The lowest BCUT2D eigenvalue weighted by molar-refractivity contribution is -0.200. The lowest BCUT2D eigenvalue weighted by Gasteiger charge is -2.44. The van der Waals surface area contributed by atoms with Gasteiger partial charge in [0.25, 0.3) is 0 Å². The molecule has 1 aromatic carbocycles. The van der Waals surface area contributed by atoms with Crippen LogP contribution in [0.25, 0.3) is 0 Å². The number of carbonyl (C=O) groups excluding carboxylic acids is 2. The molecule has 2 unspecified atom stereocenters. The van der Waals surface area contributed by atoms with Gasteiger partial charge >= 0.3 is 5.97 Å². The Balaban J connectivity index is 1.86. The number of ether oxygens (including phenoxy) is 3. The average Bonchev–Trinajstić information content (AvgIpc) is 3.05. The number of aliphatic hydroxyl groups is 1. The number of nitrogens with zero attached hydrogens (tertiary/aromatic N) is 1. The van der Waals surface area contributed by atoms with Crippen LogP contribution in [0.5, 0.6) is 0 Å². The highest BCUT2D eigenvalue weighted by Crippen LogP contribution is 2.45. The highest BCUT2D eigenvalue weighted by molar-refractivity contribution is 5.81. The fraction of sp³-hybridized carbons (Fsp3) is 0.704. The summed E-state index contributed by atoms with van der Waals surface area (Å²) in [5, 5.41) is 11.4. The molecule has 1 saturated carbocycles. The number of esters is 1. The van der Waals surface area contributed by atoms with Gasteiger partial charge in [-0.15, -0.1) is 0 Å². The molecule has 0 radical (unpaired) electrons. The Hall–Kier alpha value is -1.96. The van der Waals surface area contributed by atoms with E-state index in [1.807, 2.05) is 18.2 Å². The van der Waals surface area contributed by atoms with E-state index >= 15 is 0 Å². The molecule has 34 heavy (non-hydrogen) atoms. The molecule has 7 heteroatoms. The fourth-order valence-electron chi connectivity index (χ4n) is 5.79. The third kappa shape index (κ3) is 4.88. The molecule has 1 heterocycles. The summed E-state index contributed by atoms with van der Waals surface area (Å²) in [7, 11) is 1.43. The maximum Gasteiger partial charge on any atom is 0.341 e. The van der Waals surface area contributed by atoms with Crippen molar-refractivity contribution in [3.8, 4) is 0 Å². The molecule has 190 valence electrons. The van der Waals surface area contributed by atoms with Crippen molar-refractivity contribution in [1.29, 1.82) is 0 Å². The van der Waals surface area contributed by atoms with Crippen molar-refractivity contribution in [3.05, 3.63) is 35.9 Å². The van der Waals surface area contributed by atoms with Crippen LogP contribution in [0.1, 0.15) is 73.3 Å². The normalized spacial score (nSPS) is 31.1. The van der Waals surface area contributed by atoms with Gasteiger partial charge in [0.2, 0.25) is 5.91 Å². The first-order valence-corrected chi connectivity index (χ1v) is 12.2. The molecule has 1 saturated heterocycles. The van der Waals surface area contributed by atoms with Crippen LogP contribution < -0.4 is 0 Å². The number of amides is 1. The van der Waals surface area contributed by atoms with Gasteiger partial charge in [-0.2, -0.15) is 0 Å². The second-order valence-corrected chi connectivity index (χ2v) is 11.2. The van der Waals surface area contributed by atoms with Crippen molar-refractivity contribution in [1.82, 2.24) is 4.90 Å². The van der Waals surface area contributed by atoms with Crippen molar-refractivity contribution in [2.24, 2.45) is 11.8 Å². The van der Waals surface area contributed by atoms with Crippen molar-refractivity contribution in [3.63, 3.8) is 0 Å². The van der Waals surface area contributed by atoms with Crippen LogP contribution in [0.15, 0.2) is 30.3 Å². The van der Waals surface area contributed by atoms with Crippen molar-refractivity contribution >= 4 is 11.9 Å². The van der Waals surface area contributed by atoms with E-state index in [-0.39, 0.29) is 23.3 Å². The molecule has 0 aromatic heterocycles. The maximum atomic E-state index is 13.5. The first-order valence-electron chi connectivity index (χ1n) is 12.2. The predicted octanol–water partition coefficient (Wildman–Crippen LogP) is 4.02. The van der Waals surface area contributed by atoms with Crippen LogP contribution >= 0.6 is 0 Å². The highest BCUT2D eigenvalue weighted by atomic mass is 16.6. The number of benzene rings is 1. The Morgan fingerprint density at radius 2 is 1.76 bits per heavy atom. The quantitative estimate of drug-likeness (QED) is 0.626. The summed E-state index contributed by atoms with van der Waals surface area (Å²) >= 11 is 0. The summed E-state index contributed by atoms with van der Waals surface area (Å²) in [5.74, 6) is -0.520. The minimum atomic E-state index is -2.01. The summed E-state index contributed by atoms with van der Waals surface area (Å²) in [6.07, 6.45) is 0.353. The molecule has 1 amide bonds. The minimum absolute atomic E-state index is 0.0960. The molecule has 1 N–H and O–H groups in total. The lowest BCUT2D eigenvalue weighted by Crippen LogP contribution is -2.56. The molecule has 1 aliphatic carbocycles. The zero-order valence-corrected chi connectivity index (χ0v) is 21.8. The van der Waals surface area contributed by atoms with Gasteiger partial charge in [-0.3, -0.25) is 9.69 Å². The molecule has 1 aromatic rings. The van der Waals surface area contributed by atoms with E-state index in [0.717, 1.165) is 19.3 Å².